The van der Waals surface area contributed by atoms with Gasteiger partial charge in [0.2, 0.25) is 0 Å². The van der Waals surface area contributed by atoms with Gasteiger partial charge in [-0.15, -0.1) is 0 Å². The predicted molar refractivity (Wildman–Crippen MR) is 177 cm³/mol. The number of ether oxygens (including phenoxy) is 2. The number of nitrogens with one attached hydrogen (secondary N) is 1. The fourth-order valence-electron chi connectivity index (χ4n) is 11.6. The van der Waals surface area contributed by atoms with Gasteiger partial charge in [-0.3, -0.25) is 9.59 Å². The lowest BCUT2D eigenvalue weighted by Crippen LogP contribution is -2.72. The third-order valence-electron chi connectivity index (χ3n) is 14.8. The largest absolute Gasteiger partial charge is 0.519 e. The number of carbonyl (C=O) groups excluding carboxylic acids is 2. The highest BCUT2D eigenvalue weighted by Gasteiger charge is 2.71. The topological polar surface area (TPSA) is 145 Å². The van der Waals surface area contributed by atoms with Gasteiger partial charge < -0.3 is 28.7 Å². The van der Waals surface area contributed by atoms with Gasteiger partial charge in [0.1, 0.15) is 0 Å². The van der Waals surface area contributed by atoms with Crippen molar-refractivity contribution in [1.82, 2.24) is 5.32 Å². The van der Waals surface area contributed by atoms with Crippen LogP contribution in [0.15, 0.2) is 25.3 Å². The van der Waals surface area contributed by atoms with Gasteiger partial charge in [-0.05, 0) is 125 Å². The van der Waals surface area contributed by atoms with E-state index in [2.05, 4.69) is 39.9 Å². The molecule has 10 atom stereocenters. The SMILES string of the molecule is CCCO[C@H]1CC[C@@]2(C)[C@@H](CC[C@]3(C)[C@@H]2C(=O)C=C2[C@@H]4C[C@@](C)(C(=O)O)CC[C@]4(C)CC[C@]23C)[C@]1(C)NC(=O)OCc1oc(=O)oc1C. The van der Waals surface area contributed by atoms with Crippen LogP contribution in [-0.4, -0.2) is 41.2 Å². The average Bonchev–Trinajstić information content (AvgIpc) is 3.33. The first-order valence-electron chi connectivity index (χ1n) is 18.0. The molecular formula is C38H55NO9. The maximum Gasteiger partial charge on any atom is 0.519 e. The molecule has 6 rings (SSSR count). The lowest BCUT2D eigenvalue weighted by Gasteiger charge is -2.70. The second-order valence-corrected chi connectivity index (χ2v) is 17.4. The van der Waals surface area contributed by atoms with Gasteiger partial charge in [-0.25, -0.2) is 9.59 Å². The molecule has 266 valence electrons. The maximum absolute atomic E-state index is 14.8. The monoisotopic (exact) mass is 669 g/mol. The summed E-state index contributed by atoms with van der Waals surface area (Å²) in [5, 5.41) is 13.4. The zero-order chi connectivity index (χ0) is 35.1. The molecule has 5 aliphatic rings. The van der Waals surface area contributed by atoms with Gasteiger partial charge in [0.25, 0.3) is 0 Å². The summed E-state index contributed by atoms with van der Waals surface area (Å²) in [4.78, 5) is 52.2. The van der Waals surface area contributed by atoms with Gasteiger partial charge >= 0.3 is 17.9 Å². The Morgan fingerprint density at radius 1 is 0.979 bits per heavy atom. The van der Waals surface area contributed by atoms with Crippen molar-refractivity contribution in [2.45, 2.75) is 138 Å². The number of ketones is 1. The number of allylic oxidation sites excluding steroid dienone is 2. The molecule has 0 radical (unpaired) electrons. The number of carbonyl (C=O) groups is 3. The molecule has 10 heteroatoms. The molecule has 1 aromatic rings. The van der Waals surface area contributed by atoms with Gasteiger partial charge in [-0.1, -0.05) is 40.2 Å². The Hall–Kier alpha value is -2.88. The number of amides is 1. The van der Waals surface area contributed by atoms with Crippen molar-refractivity contribution < 1.29 is 37.8 Å². The van der Waals surface area contributed by atoms with Crippen LogP contribution in [0.25, 0.3) is 0 Å². The molecule has 0 unspecified atom stereocenters. The smallest absolute Gasteiger partial charge is 0.481 e. The minimum absolute atomic E-state index is 0.0139. The molecule has 0 saturated heterocycles. The number of aryl methyl sites for hydroxylation is 1. The first kappa shape index (κ1) is 35.0. The van der Waals surface area contributed by atoms with E-state index in [9.17, 15) is 24.3 Å². The summed E-state index contributed by atoms with van der Waals surface area (Å²) < 4.78 is 22.0. The van der Waals surface area contributed by atoms with Crippen LogP contribution in [0.4, 0.5) is 4.79 Å². The minimum Gasteiger partial charge on any atom is -0.481 e. The second kappa shape index (κ2) is 11.6. The molecular weight excluding hydrogens is 614 g/mol. The minimum atomic E-state index is -0.843. The molecule has 10 nitrogen and oxygen atoms in total. The van der Waals surface area contributed by atoms with Crippen LogP contribution >= 0.6 is 0 Å². The van der Waals surface area contributed by atoms with Crippen molar-refractivity contribution in [2.24, 2.45) is 44.8 Å². The highest BCUT2D eigenvalue weighted by Crippen LogP contribution is 2.74. The van der Waals surface area contributed by atoms with E-state index in [0.29, 0.717) is 25.9 Å². The Bertz CT molecular complexity index is 1580. The van der Waals surface area contributed by atoms with Crippen molar-refractivity contribution in [1.29, 1.82) is 0 Å². The molecule has 1 heterocycles. The molecule has 4 saturated carbocycles. The Morgan fingerprint density at radius 2 is 1.69 bits per heavy atom. The van der Waals surface area contributed by atoms with Gasteiger partial charge in [0.05, 0.1) is 17.1 Å². The number of hydrogen-bond donors (Lipinski definition) is 2. The van der Waals surface area contributed by atoms with Crippen molar-refractivity contribution in [2.75, 3.05) is 6.61 Å². The van der Waals surface area contributed by atoms with Crippen LogP contribution in [0, 0.1) is 51.8 Å². The number of rotatable bonds is 7. The van der Waals surface area contributed by atoms with Crippen LogP contribution in [0.2, 0.25) is 0 Å². The lowest BCUT2D eigenvalue weighted by atomic mass is 9.34. The number of carboxylic acids is 1. The molecule has 4 fully saturated rings. The first-order chi connectivity index (χ1) is 22.4. The van der Waals surface area contributed by atoms with Crippen molar-refractivity contribution in [3.8, 4) is 0 Å². The first-order valence-corrected chi connectivity index (χ1v) is 18.0. The van der Waals surface area contributed by atoms with Crippen molar-refractivity contribution in [3.05, 3.63) is 33.8 Å². The zero-order valence-electron chi connectivity index (χ0n) is 30.1. The van der Waals surface area contributed by atoms with E-state index in [4.69, 9.17) is 18.3 Å². The van der Waals surface area contributed by atoms with E-state index in [-0.39, 0.29) is 64.0 Å². The molecule has 1 aromatic heterocycles. The molecule has 48 heavy (non-hydrogen) atoms. The summed E-state index contributed by atoms with van der Waals surface area (Å²) >= 11 is 0. The summed E-state index contributed by atoms with van der Waals surface area (Å²) in [6.45, 7) is 17.1. The Labute approximate surface area is 283 Å². The Balaban J connectivity index is 1.34. The van der Waals surface area contributed by atoms with Crippen molar-refractivity contribution in [3.63, 3.8) is 0 Å². The third-order valence-corrected chi connectivity index (χ3v) is 14.8. The highest BCUT2D eigenvalue weighted by molar-refractivity contribution is 5.95. The standard InChI is InChI=1S/C38H55NO9/c1-9-18-45-28-11-12-35(5)27(38(28,8)39-31(43)46-21-26-22(2)47-32(44)48-26)10-13-37(7)29(35)25(40)19-23-24-20-34(4,30(41)42)15-14-33(24,3)16-17-36(23,37)6/h19,24,27-29H,9-18,20-21H2,1-8H3,(H,39,43)(H,41,42)/t24-,27+,28-,29+,33+,34-,35-,36+,37+,38-/m0/s1. The van der Waals surface area contributed by atoms with Crippen molar-refractivity contribution >= 4 is 17.8 Å². The van der Waals surface area contributed by atoms with Crippen LogP contribution in [0.5, 0.6) is 0 Å². The molecule has 0 spiro atoms. The molecule has 1 amide bonds. The van der Waals surface area contributed by atoms with E-state index < -0.39 is 34.3 Å². The summed E-state index contributed by atoms with van der Waals surface area (Å²) in [6, 6.07) is 0. The van der Waals surface area contributed by atoms with Crippen LogP contribution in [-0.2, 0) is 25.7 Å². The number of hydrogen-bond acceptors (Lipinski definition) is 8. The second-order valence-electron chi connectivity index (χ2n) is 17.4. The van der Waals surface area contributed by atoms with Crippen LogP contribution < -0.4 is 11.1 Å². The Kier molecular flexibility index (Phi) is 8.44. The maximum atomic E-state index is 14.8. The highest BCUT2D eigenvalue weighted by atomic mass is 16.6. The van der Waals surface area contributed by atoms with Gasteiger partial charge in [0.15, 0.2) is 23.9 Å². The average molecular weight is 670 g/mol. The zero-order valence-corrected chi connectivity index (χ0v) is 30.1. The Morgan fingerprint density at radius 3 is 2.33 bits per heavy atom. The summed E-state index contributed by atoms with van der Waals surface area (Å²) in [6.07, 6.45) is 9.05. The van der Waals surface area contributed by atoms with Crippen LogP contribution in [0.3, 0.4) is 0 Å². The van der Waals surface area contributed by atoms with E-state index in [0.717, 1.165) is 44.9 Å². The van der Waals surface area contributed by atoms with E-state index in [1.807, 2.05) is 19.9 Å². The van der Waals surface area contributed by atoms with E-state index in [1.165, 1.54) is 5.57 Å². The van der Waals surface area contributed by atoms with E-state index in [1.54, 1.807) is 6.92 Å². The summed E-state index contributed by atoms with van der Waals surface area (Å²) in [5.41, 5.74) is -1.46. The molecule has 0 aliphatic heterocycles. The number of aliphatic carboxylic acids is 1. The summed E-state index contributed by atoms with van der Waals surface area (Å²) in [5.74, 6) is -1.29. The normalized spacial score (nSPS) is 43.6. The third kappa shape index (κ3) is 5.05. The molecule has 2 N–H and O–H groups in total. The number of carboxylic acid groups (broad SMARTS) is 1. The molecule has 5 aliphatic carbocycles. The van der Waals surface area contributed by atoms with Gasteiger partial charge in [0, 0.05) is 12.5 Å². The fourth-order valence-corrected chi connectivity index (χ4v) is 11.6. The lowest BCUT2D eigenvalue weighted by molar-refractivity contribution is -0.197. The van der Waals surface area contributed by atoms with Crippen LogP contribution in [0.1, 0.15) is 124 Å². The van der Waals surface area contributed by atoms with Gasteiger partial charge in [-0.2, -0.15) is 0 Å². The quantitative estimate of drug-likeness (QED) is 0.304. The van der Waals surface area contributed by atoms with E-state index >= 15 is 0 Å². The number of alkyl carbamates (subject to hydrolysis) is 1. The summed E-state index contributed by atoms with van der Waals surface area (Å²) in [7, 11) is 0. The molecule has 0 bridgehead atoms. The molecule has 0 aromatic carbocycles. The predicted octanol–water partition coefficient (Wildman–Crippen LogP) is 7.36. The fraction of sp³-hybridized carbons (Fsp3) is 0.789. The number of fused-ring (bicyclic) bond motifs is 7.